The highest BCUT2D eigenvalue weighted by atomic mass is 35.7. The molecule has 1 atom stereocenters. The topological polar surface area (TPSA) is 59.5 Å². The van der Waals surface area contributed by atoms with Gasteiger partial charge >= 0.3 is 0 Å². The molecule has 1 aliphatic rings. The molecule has 0 radical (unpaired) electrons. The number of hydrogen-bond donors (Lipinski definition) is 0. The number of ether oxygens (including phenoxy) is 1. The molecule has 0 saturated heterocycles. The van der Waals surface area contributed by atoms with Crippen LogP contribution in [0.1, 0.15) is 6.92 Å². The molecular formula is C9H11ClN2O3S. The van der Waals surface area contributed by atoms with E-state index in [1.165, 1.54) is 12.3 Å². The Morgan fingerprint density at radius 3 is 2.94 bits per heavy atom. The Kier molecular flexibility index (Phi) is 2.71. The van der Waals surface area contributed by atoms with Gasteiger partial charge < -0.3 is 9.64 Å². The van der Waals surface area contributed by atoms with Crippen LogP contribution >= 0.6 is 10.7 Å². The molecule has 1 aromatic rings. The lowest BCUT2D eigenvalue weighted by molar-refractivity contribution is 0.206. The molecule has 0 bridgehead atoms. The standard InChI is InChI=1S/C9H11ClN2O3S/c1-6-5-12(2)8-3-7(16(10,13)14)4-11-9(8)15-6/h3-4,6H,5H2,1-2H3/t6-/m0/s1. The van der Waals surface area contributed by atoms with E-state index in [4.69, 9.17) is 15.4 Å². The third kappa shape index (κ3) is 2.08. The first-order valence-electron chi connectivity index (χ1n) is 4.70. The molecule has 16 heavy (non-hydrogen) atoms. The van der Waals surface area contributed by atoms with E-state index in [9.17, 15) is 8.42 Å². The zero-order chi connectivity index (χ0) is 11.9. The van der Waals surface area contributed by atoms with Gasteiger partial charge in [0.05, 0.1) is 12.7 Å². The van der Waals surface area contributed by atoms with Gasteiger partial charge in [0.15, 0.2) is 0 Å². The molecule has 0 N–H and O–H groups in total. The number of hydrogen-bond acceptors (Lipinski definition) is 5. The second-order valence-corrected chi connectivity index (χ2v) is 6.31. The van der Waals surface area contributed by atoms with E-state index >= 15 is 0 Å². The van der Waals surface area contributed by atoms with Crippen molar-refractivity contribution in [2.45, 2.75) is 17.9 Å². The van der Waals surface area contributed by atoms with Crippen molar-refractivity contribution in [1.82, 2.24) is 4.98 Å². The maximum Gasteiger partial charge on any atom is 0.262 e. The minimum Gasteiger partial charge on any atom is -0.471 e. The molecule has 5 nitrogen and oxygen atoms in total. The summed E-state index contributed by atoms with van der Waals surface area (Å²) < 4.78 is 27.8. The average Bonchev–Trinajstić information content (AvgIpc) is 2.15. The second kappa shape index (κ2) is 3.78. The van der Waals surface area contributed by atoms with Gasteiger partial charge in [0.2, 0.25) is 5.88 Å². The fourth-order valence-electron chi connectivity index (χ4n) is 1.63. The van der Waals surface area contributed by atoms with Crippen molar-refractivity contribution < 1.29 is 13.2 Å². The van der Waals surface area contributed by atoms with Crippen LogP contribution in [0.3, 0.4) is 0 Å². The van der Waals surface area contributed by atoms with Crippen molar-refractivity contribution in [3.05, 3.63) is 12.3 Å². The van der Waals surface area contributed by atoms with Crippen LogP contribution in [0.2, 0.25) is 0 Å². The van der Waals surface area contributed by atoms with Gasteiger partial charge in [0.1, 0.15) is 16.7 Å². The first-order chi connectivity index (χ1) is 7.38. The summed E-state index contributed by atoms with van der Waals surface area (Å²) in [7, 11) is 3.36. The van der Waals surface area contributed by atoms with E-state index in [1.807, 2.05) is 18.9 Å². The quantitative estimate of drug-likeness (QED) is 0.713. The van der Waals surface area contributed by atoms with Crippen molar-refractivity contribution in [3.63, 3.8) is 0 Å². The summed E-state index contributed by atoms with van der Waals surface area (Å²) in [5.74, 6) is 0.435. The minimum absolute atomic E-state index is 0.0158. The number of anilines is 1. The van der Waals surface area contributed by atoms with Crippen LogP contribution in [0.5, 0.6) is 5.88 Å². The van der Waals surface area contributed by atoms with Crippen molar-refractivity contribution in [3.8, 4) is 5.88 Å². The minimum atomic E-state index is -3.75. The first kappa shape index (κ1) is 11.5. The lowest BCUT2D eigenvalue weighted by Gasteiger charge is -2.31. The van der Waals surface area contributed by atoms with Crippen LogP contribution in [0.25, 0.3) is 0 Å². The van der Waals surface area contributed by atoms with Gasteiger partial charge in [-0.05, 0) is 13.0 Å². The van der Waals surface area contributed by atoms with Crippen LogP contribution in [-0.4, -0.2) is 33.1 Å². The summed E-state index contributed by atoms with van der Waals surface area (Å²) >= 11 is 0. The number of aromatic nitrogens is 1. The Balaban J connectivity index is 2.51. The van der Waals surface area contributed by atoms with E-state index in [0.717, 1.165) is 0 Å². The normalized spacial score (nSPS) is 20.2. The summed E-state index contributed by atoms with van der Waals surface area (Å²) in [6, 6.07) is 1.47. The van der Waals surface area contributed by atoms with Gasteiger partial charge in [0.25, 0.3) is 9.05 Å². The van der Waals surface area contributed by atoms with Crippen LogP contribution in [0.4, 0.5) is 5.69 Å². The van der Waals surface area contributed by atoms with Crippen molar-refractivity contribution >= 4 is 25.4 Å². The van der Waals surface area contributed by atoms with Crippen LogP contribution in [0, 0.1) is 0 Å². The lowest BCUT2D eigenvalue weighted by atomic mass is 10.2. The SMILES string of the molecule is C[C@H]1CN(C)c2cc(S(=O)(=O)Cl)cnc2O1. The van der Waals surface area contributed by atoms with Gasteiger partial charge in [-0.1, -0.05) is 0 Å². The molecule has 0 spiro atoms. The highest BCUT2D eigenvalue weighted by Crippen LogP contribution is 2.32. The first-order valence-corrected chi connectivity index (χ1v) is 7.01. The molecule has 0 fully saturated rings. The molecule has 2 rings (SSSR count). The Morgan fingerprint density at radius 1 is 1.62 bits per heavy atom. The Labute approximate surface area is 98.4 Å². The van der Waals surface area contributed by atoms with Crippen LogP contribution in [-0.2, 0) is 9.05 Å². The third-order valence-electron chi connectivity index (χ3n) is 2.34. The predicted octanol–water partition coefficient (Wildman–Crippen LogP) is 1.23. The third-order valence-corrected chi connectivity index (χ3v) is 3.66. The number of halogens is 1. The number of rotatable bonds is 1. The van der Waals surface area contributed by atoms with E-state index in [2.05, 4.69) is 4.98 Å². The molecule has 0 aliphatic carbocycles. The Bertz CT molecular complexity index is 517. The molecule has 0 saturated carbocycles. The van der Waals surface area contributed by atoms with Crippen molar-refractivity contribution in [1.29, 1.82) is 0 Å². The molecule has 1 aliphatic heterocycles. The second-order valence-electron chi connectivity index (χ2n) is 3.74. The summed E-state index contributed by atoms with van der Waals surface area (Å²) in [6.45, 7) is 2.60. The number of fused-ring (bicyclic) bond motifs is 1. The van der Waals surface area contributed by atoms with Crippen LogP contribution < -0.4 is 9.64 Å². The van der Waals surface area contributed by atoms with E-state index < -0.39 is 9.05 Å². The van der Waals surface area contributed by atoms with Crippen LogP contribution in [0.15, 0.2) is 17.2 Å². The van der Waals surface area contributed by atoms with E-state index in [-0.39, 0.29) is 11.0 Å². The van der Waals surface area contributed by atoms with Crippen molar-refractivity contribution in [2.24, 2.45) is 0 Å². The fourth-order valence-corrected chi connectivity index (χ4v) is 2.32. The van der Waals surface area contributed by atoms with E-state index in [0.29, 0.717) is 18.1 Å². The summed E-state index contributed by atoms with van der Waals surface area (Å²) in [6.07, 6.45) is 1.23. The molecule has 0 aromatic carbocycles. The lowest BCUT2D eigenvalue weighted by Crippen LogP contribution is -2.36. The average molecular weight is 263 g/mol. The highest BCUT2D eigenvalue weighted by molar-refractivity contribution is 8.13. The van der Waals surface area contributed by atoms with Gasteiger partial charge in [0, 0.05) is 17.7 Å². The summed E-state index contributed by atoms with van der Waals surface area (Å²) in [5.41, 5.74) is 0.639. The summed E-state index contributed by atoms with van der Waals surface area (Å²) in [4.78, 5) is 5.83. The maximum absolute atomic E-state index is 11.2. The van der Waals surface area contributed by atoms with E-state index in [1.54, 1.807) is 0 Å². The monoisotopic (exact) mass is 262 g/mol. The molecular weight excluding hydrogens is 252 g/mol. The zero-order valence-electron chi connectivity index (χ0n) is 8.84. The molecule has 1 aromatic heterocycles. The number of pyridine rings is 1. The van der Waals surface area contributed by atoms with Gasteiger partial charge in [-0.2, -0.15) is 0 Å². The van der Waals surface area contributed by atoms with Crippen molar-refractivity contribution in [2.75, 3.05) is 18.5 Å². The number of likely N-dealkylation sites (N-methyl/N-ethyl adjacent to an activating group) is 1. The molecule has 7 heteroatoms. The van der Waals surface area contributed by atoms with Gasteiger partial charge in [-0.25, -0.2) is 13.4 Å². The summed E-state index contributed by atoms with van der Waals surface area (Å²) in [5, 5.41) is 0. The zero-order valence-corrected chi connectivity index (χ0v) is 10.4. The maximum atomic E-state index is 11.2. The molecule has 0 amide bonds. The van der Waals surface area contributed by atoms with Gasteiger partial charge in [-0.3, -0.25) is 0 Å². The molecule has 88 valence electrons. The molecule has 2 heterocycles. The smallest absolute Gasteiger partial charge is 0.262 e. The fraction of sp³-hybridized carbons (Fsp3) is 0.444. The molecule has 0 unspecified atom stereocenters. The Hall–Kier alpha value is -1.01. The van der Waals surface area contributed by atoms with Gasteiger partial charge in [-0.15, -0.1) is 0 Å². The highest BCUT2D eigenvalue weighted by Gasteiger charge is 2.23. The Morgan fingerprint density at radius 2 is 2.31 bits per heavy atom. The predicted molar refractivity (Wildman–Crippen MR) is 60.6 cm³/mol. The largest absolute Gasteiger partial charge is 0.471 e. The number of nitrogens with zero attached hydrogens (tertiary/aromatic N) is 2.